The van der Waals surface area contributed by atoms with Gasteiger partial charge in [0.25, 0.3) is 0 Å². The van der Waals surface area contributed by atoms with Crippen molar-refractivity contribution in [2.75, 3.05) is 31.5 Å². The van der Waals surface area contributed by atoms with Crippen LogP contribution in [0.25, 0.3) is 0 Å². The van der Waals surface area contributed by atoms with E-state index >= 15 is 0 Å². The van der Waals surface area contributed by atoms with Crippen LogP contribution in [0.15, 0.2) is 12.3 Å². The molecule has 1 aliphatic rings. The highest BCUT2D eigenvalue weighted by Crippen LogP contribution is 2.16. The van der Waals surface area contributed by atoms with Gasteiger partial charge in [0.15, 0.2) is 0 Å². The second kappa shape index (κ2) is 5.06. The van der Waals surface area contributed by atoms with Crippen molar-refractivity contribution in [1.29, 1.82) is 0 Å². The number of hydrogen-bond donors (Lipinski definition) is 3. The Balaban J connectivity index is 1.77. The molecule has 2 rings (SSSR count). The van der Waals surface area contributed by atoms with E-state index in [1.807, 2.05) is 12.3 Å². The lowest BCUT2D eigenvalue weighted by atomic mass is 10.1. The van der Waals surface area contributed by atoms with E-state index in [1.54, 1.807) is 0 Å². The van der Waals surface area contributed by atoms with E-state index in [1.165, 1.54) is 0 Å². The zero-order valence-corrected chi connectivity index (χ0v) is 11.0. The first-order valence-electron chi connectivity index (χ1n) is 6.29. The van der Waals surface area contributed by atoms with Gasteiger partial charge in [0.1, 0.15) is 5.82 Å². The third-order valence-electron chi connectivity index (χ3n) is 2.86. The summed E-state index contributed by atoms with van der Waals surface area (Å²) in [6, 6.07) is 2.55. The van der Waals surface area contributed by atoms with Crippen molar-refractivity contribution in [2.24, 2.45) is 0 Å². The van der Waals surface area contributed by atoms with Gasteiger partial charge in [-0.05, 0) is 20.8 Å². The van der Waals surface area contributed by atoms with Crippen LogP contribution in [0.5, 0.6) is 0 Å². The average molecular weight is 237 g/mol. The number of aromatic nitrogens is 2. The quantitative estimate of drug-likeness (QED) is 0.664. The molecule has 96 valence electrons. The second-order valence-electron chi connectivity index (χ2n) is 5.58. The molecule has 0 bridgehead atoms. The summed E-state index contributed by atoms with van der Waals surface area (Å²) >= 11 is 0. The molecule has 0 atom stereocenters. The molecule has 0 saturated carbocycles. The minimum Gasteiger partial charge on any atom is -0.369 e. The van der Waals surface area contributed by atoms with Gasteiger partial charge < -0.3 is 16.0 Å². The van der Waals surface area contributed by atoms with Gasteiger partial charge in [-0.2, -0.15) is 5.10 Å². The van der Waals surface area contributed by atoms with Gasteiger partial charge in [-0.15, -0.1) is 0 Å². The monoisotopic (exact) mass is 237 g/mol. The van der Waals surface area contributed by atoms with E-state index in [2.05, 4.69) is 46.5 Å². The normalized spacial score (nSPS) is 16.9. The molecule has 0 aromatic carbocycles. The molecule has 5 nitrogen and oxygen atoms in total. The summed E-state index contributed by atoms with van der Waals surface area (Å²) in [7, 11) is 0. The fourth-order valence-corrected chi connectivity index (χ4v) is 1.82. The van der Waals surface area contributed by atoms with Crippen LogP contribution in [0.2, 0.25) is 0 Å². The first kappa shape index (κ1) is 12.4. The van der Waals surface area contributed by atoms with Crippen LogP contribution < -0.4 is 16.0 Å². The summed E-state index contributed by atoms with van der Waals surface area (Å²) in [6.45, 7) is 10.5. The number of rotatable bonds is 5. The molecule has 1 aromatic rings. The van der Waals surface area contributed by atoms with Crippen molar-refractivity contribution in [3.63, 3.8) is 0 Å². The first-order chi connectivity index (χ1) is 8.06. The fraction of sp³-hybridized carbons (Fsp3) is 0.750. The Bertz CT molecular complexity index is 348. The van der Waals surface area contributed by atoms with Crippen LogP contribution >= 0.6 is 0 Å². The Hall–Kier alpha value is -1.07. The van der Waals surface area contributed by atoms with Crippen molar-refractivity contribution >= 4 is 5.82 Å². The predicted molar refractivity (Wildman–Crippen MR) is 70.4 cm³/mol. The minimum absolute atomic E-state index is 0.180. The van der Waals surface area contributed by atoms with Gasteiger partial charge in [-0.1, -0.05) is 0 Å². The van der Waals surface area contributed by atoms with Crippen LogP contribution in [0.4, 0.5) is 5.82 Å². The lowest BCUT2D eigenvalue weighted by Gasteiger charge is -2.29. The Morgan fingerprint density at radius 1 is 1.41 bits per heavy atom. The van der Waals surface area contributed by atoms with Gasteiger partial charge in [-0.25, -0.2) is 4.68 Å². The number of hydrogen-bond acceptors (Lipinski definition) is 4. The zero-order valence-electron chi connectivity index (χ0n) is 11.0. The van der Waals surface area contributed by atoms with Crippen LogP contribution in [-0.2, 0) is 0 Å². The van der Waals surface area contributed by atoms with Crippen LogP contribution in [0.1, 0.15) is 26.8 Å². The molecular formula is C12H23N5. The van der Waals surface area contributed by atoms with Crippen molar-refractivity contribution in [3.8, 4) is 0 Å². The molecule has 1 aliphatic heterocycles. The lowest BCUT2D eigenvalue weighted by Crippen LogP contribution is -2.44. The van der Waals surface area contributed by atoms with Crippen molar-refractivity contribution in [1.82, 2.24) is 20.4 Å². The maximum absolute atomic E-state index is 4.36. The molecule has 2 heterocycles. The molecule has 0 aliphatic carbocycles. The fourth-order valence-electron chi connectivity index (χ4n) is 1.82. The van der Waals surface area contributed by atoms with Gasteiger partial charge >= 0.3 is 0 Å². The second-order valence-corrected chi connectivity index (χ2v) is 5.58. The highest BCUT2D eigenvalue weighted by Gasteiger charge is 2.21. The lowest BCUT2D eigenvalue weighted by molar-refractivity contribution is 0.321. The van der Waals surface area contributed by atoms with Gasteiger partial charge in [0, 0.05) is 37.8 Å². The van der Waals surface area contributed by atoms with Crippen molar-refractivity contribution in [3.05, 3.63) is 12.3 Å². The zero-order chi connectivity index (χ0) is 12.3. The third kappa shape index (κ3) is 3.44. The summed E-state index contributed by atoms with van der Waals surface area (Å²) in [4.78, 5) is 0. The van der Waals surface area contributed by atoms with Gasteiger partial charge in [0.2, 0.25) is 0 Å². The standard InChI is InChI=1S/C12H23N5/c1-12(2,3)15-7-6-14-11-4-5-16-17(11)10-8-13-9-10/h4-5,10,13-15H,6-9H2,1-3H3. The largest absolute Gasteiger partial charge is 0.369 e. The molecular weight excluding hydrogens is 214 g/mol. The van der Waals surface area contributed by atoms with E-state index in [9.17, 15) is 0 Å². The molecule has 0 radical (unpaired) electrons. The van der Waals surface area contributed by atoms with Crippen LogP contribution in [0.3, 0.4) is 0 Å². The highest BCUT2D eigenvalue weighted by atomic mass is 15.4. The molecule has 5 heteroatoms. The molecule has 1 fully saturated rings. The summed E-state index contributed by atoms with van der Waals surface area (Å²) in [5, 5.41) is 14.5. The highest BCUT2D eigenvalue weighted by molar-refractivity contribution is 5.34. The van der Waals surface area contributed by atoms with Gasteiger partial charge in [-0.3, -0.25) is 0 Å². The molecule has 3 N–H and O–H groups in total. The summed E-state index contributed by atoms with van der Waals surface area (Å²) in [5.41, 5.74) is 0.180. The van der Waals surface area contributed by atoms with Gasteiger partial charge in [0.05, 0.1) is 12.2 Å². The Morgan fingerprint density at radius 2 is 2.18 bits per heavy atom. The molecule has 0 spiro atoms. The molecule has 0 unspecified atom stereocenters. The van der Waals surface area contributed by atoms with E-state index < -0.39 is 0 Å². The Labute approximate surface area is 103 Å². The van der Waals surface area contributed by atoms with E-state index in [0.29, 0.717) is 6.04 Å². The average Bonchev–Trinajstić information content (AvgIpc) is 2.57. The smallest absolute Gasteiger partial charge is 0.124 e. The number of nitrogens with one attached hydrogen (secondary N) is 3. The Morgan fingerprint density at radius 3 is 2.76 bits per heavy atom. The molecule has 0 amide bonds. The number of anilines is 1. The molecule has 1 saturated heterocycles. The maximum Gasteiger partial charge on any atom is 0.124 e. The van der Waals surface area contributed by atoms with Crippen molar-refractivity contribution in [2.45, 2.75) is 32.4 Å². The number of nitrogens with zero attached hydrogens (tertiary/aromatic N) is 2. The van der Waals surface area contributed by atoms with Crippen molar-refractivity contribution < 1.29 is 0 Å². The van der Waals surface area contributed by atoms with Crippen LogP contribution in [0, 0.1) is 0 Å². The molecule has 17 heavy (non-hydrogen) atoms. The summed E-state index contributed by atoms with van der Waals surface area (Å²) in [6.07, 6.45) is 1.86. The van der Waals surface area contributed by atoms with Crippen LogP contribution in [-0.4, -0.2) is 41.5 Å². The van der Waals surface area contributed by atoms with E-state index in [0.717, 1.165) is 32.0 Å². The van der Waals surface area contributed by atoms with E-state index in [4.69, 9.17) is 0 Å². The third-order valence-corrected chi connectivity index (χ3v) is 2.86. The Kier molecular flexibility index (Phi) is 3.69. The molecule has 1 aromatic heterocycles. The maximum atomic E-state index is 4.36. The summed E-state index contributed by atoms with van der Waals surface area (Å²) in [5.74, 6) is 1.12. The minimum atomic E-state index is 0.180. The summed E-state index contributed by atoms with van der Waals surface area (Å²) < 4.78 is 2.08. The topological polar surface area (TPSA) is 53.9 Å². The van der Waals surface area contributed by atoms with E-state index in [-0.39, 0.29) is 5.54 Å². The predicted octanol–water partition coefficient (Wildman–Crippen LogP) is 0.827. The SMILES string of the molecule is CC(C)(C)NCCNc1ccnn1C1CNC1. The first-order valence-corrected chi connectivity index (χ1v) is 6.29.